The van der Waals surface area contributed by atoms with Crippen LogP contribution in [0.2, 0.25) is 0 Å². The van der Waals surface area contributed by atoms with E-state index in [1.165, 1.54) is 16.7 Å². The molecule has 266 valence electrons. The van der Waals surface area contributed by atoms with Crippen molar-refractivity contribution in [2.24, 2.45) is 0 Å². The number of nitrogens with zero attached hydrogens (tertiary/aromatic N) is 4. The zero-order valence-corrected chi connectivity index (χ0v) is 33.2. The maximum Gasteiger partial charge on any atom is 2.00 e. The molecule has 1 aliphatic rings. The molecule has 0 saturated carbocycles. The zero-order valence-electron chi connectivity index (χ0n) is 30.9. The molecule has 0 aliphatic carbocycles. The number of rotatable bonds is 4. The first-order chi connectivity index (χ1) is 24.9. The van der Waals surface area contributed by atoms with E-state index >= 15 is 0 Å². The number of pyridine rings is 1. The van der Waals surface area contributed by atoms with E-state index < -0.39 is 0 Å². The summed E-state index contributed by atoms with van der Waals surface area (Å²) < 4.78 is 12.7. The summed E-state index contributed by atoms with van der Waals surface area (Å²) in [6.07, 6.45) is 5.50. The van der Waals surface area contributed by atoms with Crippen LogP contribution in [0.15, 0.2) is 115 Å². The SMILES string of the molecule is CC(C)(C)c1ccnc(-n2c3[c-]c(Oc4cccc(-n5[c-][n+]6c7c(cccc75)C(C)(C)C(C)(C)c5ccccc5-6)c4O)ccc3c3ccccc32)c1.[Pt+2]. The van der Waals surface area contributed by atoms with E-state index in [4.69, 9.17) is 9.72 Å². The van der Waals surface area contributed by atoms with Gasteiger partial charge in [0.05, 0.1) is 16.7 Å². The molecule has 0 spiro atoms. The van der Waals surface area contributed by atoms with E-state index in [0.717, 1.165) is 44.3 Å². The molecule has 0 unspecified atom stereocenters. The molecule has 5 aromatic carbocycles. The Morgan fingerprint density at radius 3 is 2.26 bits per heavy atom. The summed E-state index contributed by atoms with van der Waals surface area (Å²) in [5.74, 6) is 1.66. The van der Waals surface area contributed by atoms with Gasteiger partial charge in [-0.2, -0.15) is 6.07 Å². The Morgan fingerprint density at radius 2 is 1.45 bits per heavy atom. The van der Waals surface area contributed by atoms with Crippen LogP contribution >= 0.6 is 0 Å². The molecule has 7 heteroatoms. The molecule has 4 heterocycles. The minimum absolute atomic E-state index is 0. The summed E-state index contributed by atoms with van der Waals surface area (Å²) in [5.41, 5.74) is 8.87. The van der Waals surface area contributed by atoms with Crippen LogP contribution in [0.5, 0.6) is 17.2 Å². The molecule has 9 rings (SSSR count). The quantitative estimate of drug-likeness (QED) is 0.142. The minimum Gasteiger partial charge on any atom is -0.508 e. The molecular weight excluding hydrogens is 836 g/mol. The largest absolute Gasteiger partial charge is 2.00 e. The van der Waals surface area contributed by atoms with Crippen LogP contribution in [0.25, 0.3) is 50.0 Å². The van der Waals surface area contributed by atoms with E-state index in [0.29, 0.717) is 17.2 Å². The van der Waals surface area contributed by atoms with Crippen LogP contribution in [0.1, 0.15) is 65.2 Å². The Labute approximate surface area is 324 Å². The van der Waals surface area contributed by atoms with E-state index in [1.807, 2.05) is 35.0 Å². The summed E-state index contributed by atoms with van der Waals surface area (Å²) in [6, 6.07) is 40.7. The standard InChI is InChI=1S/C46H41N4O2.Pt/c1-44(2,3)29-24-25-47-41(26-29)50-35-17-10-8-14-31(35)32-23-22-30(27-39(32)50)52-40-21-13-20-38(43(40)51)48-28-49-36-18-11-9-15-33(36)45(4,5)46(6,7)34-16-12-19-37(48)42(34)49;/h8-26,51H,1-7H3;/q-1;+2. The zero-order chi connectivity index (χ0) is 36.2. The van der Waals surface area contributed by atoms with Crippen LogP contribution in [0.3, 0.4) is 0 Å². The molecule has 8 aromatic rings. The van der Waals surface area contributed by atoms with Gasteiger partial charge in [0, 0.05) is 17.5 Å². The number of phenolic OH excluding ortho intramolecular Hbond substituents is 1. The van der Waals surface area contributed by atoms with Crippen LogP contribution < -0.4 is 9.30 Å². The first kappa shape index (κ1) is 34.9. The van der Waals surface area contributed by atoms with E-state index in [9.17, 15) is 5.11 Å². The second-order valence-corrected chi connectivity index (χ2v) is 16.0. The molecular formula is C46H41N4O2Pt+. The molecule has 0 bridgehead atoms. The number of hydrogen-bond acceptors (Lipinski definition) is 3. The monoisotopic (exact) mass is 876 g/mol. The van der Waals surface area contributed by atoms with Crippen LogP contribution in [-0.4, -0.2) is 19.2 Å². The van der Waals surface area contributed by atoms with Crippen molar-refractivity contribution in [3.63, 3.8) is 0 Å². The Kier molecular flexibility index (Phi) is 8.01. The number of aromatic hydroxyl groups is 1. The number of phenols is 1. The van der Waals surface area contributed by atoms with Crippen LogP contribution in [0, 0.1) is 12.4 Å². The molecule has 0 saturated heterocycles. The molecule has 6 nitrogen and oxygen atoms in total. The number of benzene rings is 5. The summed E-state index contributed by atoms with van der Waals surface area (Å²) >= 11 is 0. The number of para-hydroxylation sites is 4. The number of hydrogen-bond donors (Lipinski definition) is 1. The van der Waals surface area contributed by atoms with Crippen molar-refractivity contribution in [1.29, 1.82) is 0 Å². The number of aromatic nitrogens is 4. The van der Waals surface area contributed by atoms with E-state index in [1.54, 1.807) is 6.07 Å². The fourth-order valence-corrected chi connectivity index (χ4v) is 7.95. The maximum atomic E-state index is 11.9. The molecule has 1 aliphatic heterocycles. The Bertz CT molecular complexity index is 2730. The van der Waals surface area contributed by atoms with E-state index in [-0.39, 0.29) is 43.1 Å². The second-order valence-electron chi connectivity index (χ2n) is 16.0. The average Bonchev–Trinajstić information content (AvgIpc) is 3.66. The Morgan fingerprint density at radius 1 is 0.755 bits per heavy atom. The molecule has 0 fully saturated rings. The molecule has 53 heavy (non-hydrogen) atoms. The van der Waals surface area contributed by atoms with Crippen molar-refractivity contribution in [2.75, 3.05) is 0 Å². The smallest absolute Gasteiger partial charge is 0.508 e. The molecule has 0 radical (unpaired) electrons. The van der Waals surface area contributed by atoms with Gasteiger partial charge in [-0.3, -0.25) is 9.13 Å². The third-order valence-electron chi connectivity index (χ3n) is 11.6. The summed E-state index contributed by atoms with van der Waals surface area (Å²) in [7, 11) is 0. The van der Waals surface area contributed by atoms with Gasteiger partial charge in [-0.25, -0.2) is 4.98 Å². The van der Waals surface area contributed by atoms with Gasteiger partial charge in [0.1, 0.15) is 11.5 Å². The van der Waals surface area contributed by atoms with Crippen molar-refractivity contribution < 1.29 is 35.5 Å². The molecule has 0 atom stereocenters. The van der Waals surface area contributed by atoms with Crippen molar-refractivity contribution in [3.05, 3.63) is 144 Å². The fraction of sp³-hybridized carbons (Fsp3) is 0.217. The first-order valence-electron chi connectivity index (χ1n) is 17.9. The van der Waals surface area contributed by atoms with Gasteiger partial charge >= 0.3 is 21.1 Å². The first-order valence-corrected chi connectivity index (χ1v) is 17.9. The van der Waals surface area contributed by atoms with Gasteiger partial charge < -0.3 is 14.4 Å². The minimum atomic E-state index is -0.200. The van der Waals surface area contributed by atoms with Gasteiger partial charge in [-0.1, -0.05) is 115 Å². The molecule has 0 amide bonds. The Hall–Kier alpha value is -5.19. The third-order valence-corrected chi connectivity index (χ3v) is 11.6. The summed E-state index contributed by atoms with van der Waals surface area (Å²) in [5, 5.41) is 14.1. The third kappa shape index (κ3) is 5.17. The Balaban J connectivity index is 0.00000400. The molecule has 1 N–H and O–H groups in total. The summed E-state index contributed by atoms with van der Waals surface area (Å²) in [6.45, 7) is 15.9. The normalized spacial score (nSPS) is 14.5. The van der Waals surface area contributed by atoms with E-state index in [2.05, 4.69) is 149 Å². The number of ether oxygens (including phenoxy) is 1. The average molecular weight is 877 g/mol. The summed E-state index contributed by atoms with van der Waals surface area (Å²) in [4.78, 5) is 4.80. The fourth-order valence-electron chi connectivity index (χ4n) is 7.95. The van der Waals surface area contributed by atoms with Crippen molar-refractivity contribution >= 4 is 32.8 Å². The second kappa shape index (κ2) is 12.2. The van der Waals surface area contributed by atoms with Gasteiger partial charge in [-0.15, -0.1) is 17.5 Å². The van der Waals surface area contributed by atoms with Crippen LogP contribution in [0.4, 0.5) is 0 Å². The van der Waals surface area contributed by atoms with Gasteiger partial charge in [0.15, 0.2) is 11.5 Å². The van der Waals surface area contributed by atoms with Crippen molar-refractivity contribution in [3.8, 4) is 34.4 Å². The number of imidazole rings is 1. The van der Waals surface area contributed by atoms with Crippen LogP contribution in [-0.2, 0) is 37.3 Å². The van der Waals surface area contributed by atoms with Gasteiger partial charge in [-0.05, 0) is 74.7 Å². The maximum absolute atomic E-state index is 11.9. The topological polar surface area (TPSA) is 56.1 Å². The van der Waals surface area contributed by atoms with Gasteiger partial charge in [0.2, 0.25) is 0 Å². The predicted molar refractivity (Wildman–Crippen MR) is 208 cm³/mol. The van der Waals surface area contributed by atoms with Gasteiger partial charge in [0.25, 0.3) is 6.33 Å². The predicted octanol–water partition coefficient (Wildman–Crippen LogP) is 10.4. The van der Waals surface area contributed by atoms with Crippen molar-refractivity contribution in [1.82, 2.24) is 14.1 Å². The number of fused-ring (bicyclic) bond motifs is 5. The van der Waals surface area contributed by atoms with Crippen molar-refractivity contribution in [2.45, 2.75) is 64.7 Å². The molecule has 3 aromatic heterocycles.